The predicted octanol–water partition coefficient (Wildman–Crippen LogP) is 1.21. The van der Waals surface area contributed by atoms with Gasteiger partial charge in [-0.25, -0.2) is 4.79 Å². The molecule has 0 spiro atoms. The van der Waals surface area contributed by atoms with Crippen LogP contribution in [-0.4, -0.2) is 38.4 Å². The van der Waals surface area contributed by atoms with Crippen LogP contribution in [0, 0.1) is 0 Å². The van der Waals surface area contributed by atoms with Gasteiger partial charge < -0.3 is 9.47 Å². The van der Waals surface area contributed by atoms with Crippen molar-refractivity contribution >= 4 is 18.2 Å². The van der Waals surface area contributed by atoms with Crippen LogP contribution in [0.3, 0.4) is 0 Å². The lowest BCUT2D eigenvalue weighted by molar-refractivity contribution is -0.148. The Morgan fingerprint density at radius 3 is 2.44 bits per heavy atom. The molecule has 18 heavy (non-hydrogen) atoms. The van der Waals surface area contributed by atoms with E-state index in [1.807, 2.05) is 30.3 Å². The van der Waals surface area contributed by atoms with Crippen molar-refractivity contribution in [2.45, 2.75) is 12.5 Å². The number of hydrogen-bond donors (Lipinski definition) is 0. The highest BCUT2D eigenvalue weighted by molar-refractivity contribution is 5.87. The molecule has 0 saturated heterocycles. The molecular formula is C13H15NO4. The Bertz CT molecular complexity index is 428. The quantitative estimate of drug-likeness (QED) is 0.581. The smallest absolute Gasteiger partial charge is 0.331 e. The normalized spacial score (nSPS) is 12.1. The lowest BCUT2D eigenvalue weighted by Crippen LogP contribution is -2.24. The van der Waals surface area contributed by atoms with Crippen LogP contribution in [-0.2, 0) is 19.1 Å². The van der Waals surface area contributed by atoms with E-state index >= 15 is 0 Å². The van der Waals surface area contributed by atoms with Gasteiger partial charge in [-0.1, -0.05) is 30.3 Å². The Hall–Kier alpha value is -2.17. The van der Waals surface area contributed by atoms with Crippen LogP contribution in [0.4, 0.5) is 0 Å². The van der Waals surface area contributed by atoms with Crippen LogP contribution in [0.2, 0.25) is 0 Å². The van der Waals surface area contributed by atoms with Crippen LogP contribution in [0.25, 0.3) is 0 Å². The molecule has 0 heterocycles. The predicted molar refractivity (Wildman–Crippen MR) is 66.5 cm³/mol. The average molecular weight is 249 g/mol. The third-order valence-corrected chi connectivity index (χ3v) is 2.26. The second-order valence-corrected chi connectivity index (χ2v) is 3.51. The molecule has 0 aliphatic heterocycles. The van der Waals surface area contributed by atoms with Crippen LogP contribution in [0.15, 0.2) is 35.3 Å². The first kappa shape index (κ1) is 13.9. The summed E-state index contributed by atoms with van der Waals surface area (Å²) in [6.07, 6.45) is 1.40. The Kier molecular flexibility index (Phi) is 5.57. The zero-order valence-electron chi connectivity index (χ0n) is 10.3. The fourth-order valence-electron chi connectivity index (χ4n) is 1.29. The fraction of sp³-hybridized carbons (Fsp3) is 0.308. The molecule has 0 bridgehead atoms. The van der Waals surface area contributed by atoms with E-state index in [-0.39, 0.29) is 6.42 Å². The summed E-state index contributed by atoms with van der Waals surface area (Å²) in [5, 5.41) is 0. The third-order valence-electron chi connectivity index (χ3n) is 2.26. The summed E-state index contributed by atoms with van der Waals surface area (Å²) < 4.78 is 9.09. The highest BCUT2D eigenvalue weighted by atomic mass is 16.5. The van der Waals surface area contributed by atoms with E-state index in [0.29, 0.717) is 0 Å². The Labute approximate surface area is 105 Å². The molecular weight excluding hydrogens is 234 g/mol. The summed E-state index contributed by atoms with van der Waals surface area (Å²) >= 11 is 0. The molecule has 1 rings (SSSR count). The number of rotatable bonds is 5. The van der Waals surface area contributed by atoms with Crippen molar-refractivity contribution < 1.29 is 19.1 Å². The van der Waals surface area contributed by atoms with Crippen molar-refractivity contribution in [3.05, 3.63) is 35.9 Å². The molecule has 96 valence electrons. The maximum Gasteiger partial charge on any atom is 0.331 e. The first-order chi connectivity index (χ1) is 8.67. The Morgan fingerprint density at radius 2 is 1.89 bits per heavy atom. The van der Waals surface area contributed by atoms with Crippen molar-refractivity contribution in [1.29, 1.82) is 0 Å². The third kappa shape index (κ3) is 4.37. The van der Waals surface area contributed by atoms with Gasteiger partial charge in [0.1, 0.15) is 0 Å². The fourth-order valence-corrected chi connectivity index (χ4v) is 1.29. The second-order valence-electron chi connectivity index (χ2n) is 3.51. The maximum absolute atomic E-state index is 11.4. The molecule has 1 aromatic carbocycles. The summed E-state index contributed by atoms with van der Waals surface area (Å²) in [5.74, 6) is -1.07. The van der Waals surface area contributed by atoms with Gasteiger partial charge in [-0.05, 0) is 5.56 Å². The monoisotopic (exact) mass is 249 g/mol. The van der Waals surface area contributed by atoms with Gasteiger partial charge in [0.2, 0.25) is 0 Å². The highest BCUT2D eigenvalue weighted by Gasteiger charge is 2.21. The first-order valence-electron chi connectivity index (χ1n) is 5.40. The molecule has 0 radical (unpaired) electrons. The molecule has 0 aliphatic carbocycles. The van der Waals surface area contributed by atoms with Gasteiger partial charge in [0.15, 0.2) is 6.04 Å². The molecule has 5 nitrogen and oxygen atoms in total. The van der Waals surface area contributed by atoms with Crippen LogP contribution in [0.5, 0.6) is 0 Å². The van der Waals surface area contributed by atoms with Crippen molar-refractivity contribution in [1.82, 2.24) is 0 Å². The Balaban J connectivity index is 2.75. The van der Waals surface area contributed by atoms with Gasteiger partial charge in [0.25, 0.3) is 0 Å². The molecule has 0 saturated carbocycles. The number of hydrogen-bond acceptors (Lipinski definition) is 5. The number of benzene rings is 1. The van der Waals surface area contributed by atoms with Crippen molar-refractivity contribution in [3.63, 3.8) is 0 Å². The zero-order chi connectivity index (χ0) is 13.4. The molecule has 0 amide bonds. The van der Waals surface area contributed by atoms with E-state index in [1.54, 1.807) is 0 Å². The van der Waals surface area contributed by atoms with Gasteiger partial charge in [-0.2, -0.15) is 0 Å². The molecule has 0 aliphatic rings. The average Bonchev–Trinajstić information content (AvgIpc) is 2.43. The lowest BCUT2D eigenvalue weighted by Gasteiger charge is -2.08. The summed E-state index contributed by atoms with van der Waals surface area (Å²) in [7, 11) is 2.52. The van der Waals surface area contributed by atoms with E-state index < -0.39 is 18.0 Å². The molecule has 0 fully saturated rings. The molecule has 1 atom stereocenters. The number of carbonyl (C=O) groups excluding carboxylic acids is 2. The zero-order valence-corrected chi connectivity index (χ0v) is 10.3. The second kappa shape index (κ2) is 7.21. The SMILES string of the molecule is COC(=O)C[C@@H](N=Cc1ccccc1)C(=O)OC. The Morgan fingerprint density at radius 1 is 1.22 bits per heavy atom. The van der Waals surface area contributed by atoms with Gasteiger partial charge >= 0.3 is 11.9 Å². The molecule has 0 unspecified atom stereocenters. The molecule has 0 N–H and O–H groups in total. The largest absolute Gasteiger partial charge is 0.469 e. The maximum atomic E-state index is 11.4. The van der Waals surface area contributed by atoms with Crippen molar-refractivity contribution in [2.24, 2.45) is 4.99 Å². The number of esters is 2. The highest BCUT2D eigenvalue weighted by Crippen LogP contribution is 2.04. The summed E-state index contributed by atoms with van der Waals surface area (Å²) in [4.78, 5) is 26.6. The molecule has 1 aromatic rings. The number of aliphatic imine (C=N–C) groups is 1. The summed E-state index contributed by atoms with van der Waals surface area (Å²) in [6, 6.07) is 8.40. The van der Waals surface area contributed by atoms with Gasteiger partial charge in [-0.15, -0.1) is 0 Å². The van der Waals surface area contributed by atoms with E-state index in [1.165, 1.54) is 20.4 Å². The van der Waals surface area contributed by atoms with E-state index in [9.17, 15) is 9.59 Å². The number of carbonyl (C=O) groups is 2. The van der Waals surface area contributed by atoms with Crippen molar-refractivity contribution in [2.75, 3.05) is 14.2 Å². The van der Waals surface area contributed by atoms with Crippen LogP contribution in [0.1, 0.15) is 12.0 Å². The minimum absolute atomic E-state index is 0.132. The topological polar surface area (TPSA) is 65.0 Å². The van der Waals surface area contributed by atoms with E-state index in [0.717, 1.165) is 5.56 Å². The number of ether oxygens (including phenoxy) is 2. The van der Waals surface area contributed by atoms with Crippen LogP contribution < -0.4 is 0 Å². The van der Waals surface area contributed by atoms with E-state index in [4.69, 9.17) is 0 Å². The standard InChI is InChI=1S/C13H15NO4/c1-17-12(15)8-11(13(16)18-2)14-9-10-6-4-3-5-7-10/h3-7,9,11H,8H2,1-2H3/t11-/m1/s1. The summed E-state index contributed by atoms with van der Waals surface area (Å²) in [6.45, 7) is 0. The van der Waals surface area contributed by atoms with Gasteiger partial charge in [0, 0.05) is 6.21 Å². The molecule has 0 aromatic heterocycles. The summed E-state index contributed by atoms with van der Waals surface area (Å²) in [5.41, 5.74) is 0.844. The van der Waals surface area contributed by atoms with Gasteiger partial charge in [0.05, 0.1) is 20.6 Å². The lowest BCUT2D eigenvalue weighted by atomic mass is 10.2. The molecule has 5 heteroatoms. The van der Waals surface area contributed by atoms with Crippen LogP contribution >= 0.6 is 0 Å². The minimum Gasteiger partial charge on any atom is -0.469 e. The van der Waals surface area contributed by atoms with Gasteiger partial charge in [-0.3, -0.25) is 9.79 Å². The van der Waals surface area contributed by atoms with E-state index in [2.05, 4.69) is 14.5 Å². The van der Waals surface area contributed by atoms with Crippen molar-refractivity contribution in [3.8, 4) is 0 Å². The number of methoxy groups -OCH3 is 2. The number of nitrogens with zero attached hydrogens (tertiary/aromatic N) is 1. The first-order valence-corrected chi connectivity index (χ1v) is 5.40. The minimum atomic E-state index is -0.873.